The Morgan fingerprint density at radius 3 is 2.61 bits per heavy atom. The van der Waals surface area contributed by atoms with Crippen LogP contribution in [0.5, 0.6) is 5.75 Å². The van der Waals surface area contributed by atoms with Crippen molar-refractivity contribution >= 4 is 11.8 Å². The Hall–Kier alpha value is -1.88. The predicted molar refractivity (Wildman–Crippen MR) is 66.1 cm³/mol. The van der Waals surface area contributed by atoms with Crippen LogP contribution in [-0.4, -0.2) is 25.0 Å². The number of amides is 2. The Balaban J connectivity index is 2.05. The number of ether oxygens (including phenoxy) is 1. The molecule has 0 aliphatic carbocycles. The van der Waals surface area contributed by atoms with E-state index in [1.165, 1.54) is 0 Å². The van der Waals surface area contributed by atoms with Gasteiger partial charge in [-0.1, -0.05) is 12.1 Å². The number of nitrogens with one attached hydrogen (secondary N) is 1. The molecule has 1 aliphatic heterocycles. The van der Waals surface area contributed by atoms with E-state index in [0.717, 1.165) is 11.3 Å². The molecule has 1 aliphatic rings. The van der Waals surface area contributed by atoms with Crippen LogP contribution in [0.2, 0.25) is 0 Å². The molecule has 0 radical (unpaired) electrons. The molecule has 2 rings (SSSR count). The van der Waals surface area contributed by atoms with Gasteiger partial charge in [0, 0.05) is 13.0 Å². The minimum atomic E-state index is -0.244. The molecule has 1 atom stereocenters. The van der Waals surface area contributed by atoms with Crippen molar-refractivity contribution in [3.05, 3.63) is 29.8 Å². The highest BCUT2D eigenvalue weighted by atomic mass is 16.5. The normalized spacial score (nSPS) is 19.5. The number of hydrogen-bond donors (Lipinski definition) is 2. The summed E-state index contributed by atoms with van der Waals surface area (Å²) in [6.45, 7) is 0.937. The average molecular weight is 248 g/mol. The van der Waals surface area contributed by atoms with E-state index in [-0.39, 0.29) is 17.7 Å². The zero-order chi connectivity index (χ0) is 13.0. The number of carbonyl (C=O) groups is 2. The van der Waals surface area contributed by atoms with Crippen LogP contribution in [0.1, 0.15) is 24.3 Å². The van der Waals surface area contributed by atoms with Crippen LogP contribution < -0.4 is 15.8 Å². The summed E-state index contributed by atoms with van der Waals surface area (Å²) in [5.74, 6) is 0.0729. The van der Waals surface area contributed by atoms with E-state index >= 15 is 0 Å². The first-order valence-electron chi connectivity index (χ1n) is 5.97. The molecule has 2 amide bonds. The summed E-state index contributed by atoms with van der Waals surface area (Å²) in [5.41, 5.74) is 6.25. The molecule has 5 nitrogen and oxygen atoms in total. The van der Waals surface area contributed by atoms with E-state index in [2.05, 4.69) is 5.32 Å². The molecule has 0 bridgehead atoms. The third-order valence-corrected chi connectivity index (χ3v) is 2.91. The monoisotopic (exact) mass is 248 g/mol. The van der Waals surface area contributed by atoms with Crippen molar-refractivity contribution in [3.63, 3.8) is 0 Å². The Labute approximate surface area is 105 Å². The summed E-state index contributed by atoms with van der Waals surface area (Å²) in [6, 6.07) is 7.33. The SMILES string of the molecule is NCCOc1ccc(C2CCC(=O)NC2=O)cc1. The fraction of sp³-hybridized carbons (Fsp3) is 0.385. The van der Waals surface area contributed by atoms with Gasteiger partial charge < -0.3 is 10.5 Å². The first-order valence-corrected chi connectivity index (χ1v) is 5.97. The maximum atomic E-state index is 11.7. The van der Waals surface area contributed by atoms with E-state index in [0.29, 0.717) is 26.0 Å². The summed E-state index contributed by atoms with van der Waals surface area (Å²) in [4.78, 5) is 22.7. The number of benzene rings is 1. The van der Waals surface area contributed by atoms with Crippen LogP contribution in [0, 0.1) is 0 Å². The second-order valence-corrected chi connectivity index (χ2v) is 4.21. The molecule has 96 valence electrons. The molecule has 1 unspecified atom stereocenters. The second kappa shape index (κ2) is 5.64. The van der Waals surface area contributed by atoms with Crippen LogP contribution in [0.4, 0.5) is 0 Å². The minimum Gasteiger partial charge on any atom is -0.492 e. The number of carbonyl (C=O) groups excluding carboxylic acids is 2. The predicted octanol–water partition coefficient (Wildman–Crippen LogP) is 0.544. The van der Waals surface area contributed by atoms with Crippen LogP contribution >= 0.6 is 0 Å². The van der Waals surface area contributed by atoms with Gasteiger partial charge in [-0.3, -0.25) is 14.9 Å². The standard InChI is InChI=1S/C13H16N2O3/c14-7-8-18-10-3-1-9(2-4-10)11-5-6-12(16)15-13(11)17/h1-4,11H,5-8,14H2,(H,15,16,17). The van der Waals surface area contributed by atoms with Crippen LogP contribution in [0.3, 0.4) is 0 Å². The summed E-state index contributed by atoms with van der Waals surface area (Å²) in [7, 11) is 0. The first-order chi connectivity index (χ1) is 8.70. The summed E-state index contributed by atoms with van der Waals surface area (Å²) >= 11 is 0. The molecule has 5 heteroatoms. The molecule has 3 N–H and O–H groups in total. The van der Waals surface area contributed by atoms with Crippen molar-refractivity contribution < 1.29 is 14.3 Å². The molecule has 1 heterocycles. The van der Waals surface area contributed by atoms with Crippen molar-refractivity contribution in [1.29, 1.82) is 0 Å². The lowest BCUT2D eigenvalue weighted by Gasteiger charge is -2.21. The third-order valence-electron chi connectivity index (χ3n) is 2.91. The van der Waals surface area contributed by atoms with Gasteiger partial charge in [0.05, 0.1) is 5.92 Å². The fourth-order valence-corrected chi connectivity index (χ4v) is 1.98. The lowest BCUT2D eigenvalue weighted by molar-refractivity contribution is -0.134. The number of rotatable bonds is 4. The van der Waals surface area contributed by atoms with Gasteiger partial charge in [0.25, 0.3) is 0 Å². The fourth-order valence-electron chi connectivity index (χ4n) is 1.98. The van der Waals surface area contributed by atoms with Gasteiger partial charge in [-0.15, -0.1) is 0 Å². The van der Waals surface area contributed by atoms with Gasteiger partial charge in [-0.2, -0.15) is 0 Å². The molecule has 0 aromatic heterocycles. The van der Waals surface area contributed by atoms with Crippen LogP contribution in [-0.2, 0) is 9.59 Å². The van der Waals surface area contributed by atoms with Crippen molar-refractivity contribution in [2.45, 2.75) is 18.8 Å². The molecule has 18 heavy (non-hydrogen) atoms. The van der Waals surface area contributed by atoms with Gasteiger partial charge in [0.1, 0.15) is 12.4 Å². The second-order valence-electron chi connectivity index (χ2n) is 4.21. The molecule has 0 spiro atoms. The number of nitrogens with two attached hydrogens (primary N) is 1. The first kappa shape index (κ1) is 12.6. The summed E-state index contributed by atoms with van der Waals surface area (Å²) in [5, 5.41) is 2.35. The van der Waals surface area contributed by atoms with E-state index in [1.807, 2.05) is 24.3 Å². The maximum Gasteiger partial charge on any atom is 0.234 e. The Kier molecular flexibility index (Phi) is 3.94. The summed E-state index contributed by atoms with van der Waals surface area (Å²) in [6.07, 6.45) is 0.954. The smallest absolute Gasteiger partial charge is 0.234 e. The molecule has 1 saturated heterocycles. The number of hydrogen-bond acceptors (Lipinski definition) is 4. The van der Waals surface area contributed by atoms with E-state index in [1.54, 1.807) is 0 Å². The number of piperidine rings is 1. The topological polar surface area (TPSA) is 81.4 Å². The molecular weight excluding hydrogens is 232 g/mol. The lowest BCUT2D eigenvalue weighted by atomic mass is 9.90. The Morgan fingerprint density at radius 2 is 2.00 bits per heavy atom. The quantitative estimate of drug-likeness (QED) is 0.762. The summed E-state index contributed by atoms with van der Waals surface area (Å²) < 4.78 is 5.36. The van der Waals surface area contributed by atoms with Gasteiger partial charge in [0.15, 0.2) is 0 Å². The van der Waals surface area contributed by atoms with Gasteiger partial charge in [-0.05, 0) is 24.1 Å². The Morgan fingerprint density at radius 1 is 1.28 bits per heavy atom. The van der Waals surface area contributed by atoms with Crippen molar-refractivity contribution in [1.82, 2.24) is 5.32 Å². The zero-order valence-electron chi connectivity index (χ0n) is 10.0. The van der Waals surface area contributed by atoms with Gasteiger partial charge in [0.2, 0.25) is 11.8 Å². The average Bonchev–Trinajstić information content (AvgIpc) is 2.37. The highest BCUT2D eigenvalue weighted by Gasteiger charge is 2.27. The van der Waals surface area contributed by atoms with Crippen molar-refractivity contribution in [2.75, 3.05) is 13.2 Å². The van der Waals surface area contributed by atoms with Gasteiger partial charge >= 0.3 is 0 Å². The molecular formula is C13H16N2O3. The molecule has 0 saturated carbocycles. The van der Waals surface area contributed by atoms with Crippen LogP contribution in [0.25, 0.3) is 0 Å². The van der Waals surface area contributed by atoms with Crippen molar-refractivity contribution in [2.24, 2.45) is 5.73 Å². The maximum absolute atomic E-state index is 11.7. The van der Waals surface area contributed by atoms with E-state index in [4.69, 9.17) is 10.5 Å². The molecule has 1 aromatic carbocycles. The zero-order valence-corrected chi connectivity index (χ0v) is 10.0. The minimum absolute atomic E-state index is 0.195. The largest absolute Gasteiger partial charge is 0.492 e. The number of imide groups is 1. The molecule has 1 aromatic rings. The molecule has 1 fully saturated rings. The van der Waals surface area contributed by atoms with Crippen LogP contribution in [0.15, 0.2) is 24.3 Å². The Bertz CT molecular complexity index is 442. The van der Waals surface area contributed by atoms with Crippen molar-refractivity contribution in [3.8, 4) is 5.75 Å². The highest BCUT2D eigenvalue weighted by molar-refractivity contribution is 6.00. The van der Waals surface area contributed by atoms with E-state index < -0.39 is 0 Å². The van der Waals surface area contributed by atoms with Gasteiger partial charge in [-0.25, -0.2) is 0 Å². The highest BCUT2D eigenvalue weighted by Crippen LogP contribution is 2.26. The third kappa shape index (κ3) is 2.87. The van der Waals surface area contributed by atoms with E-state index in [9.17, 15) is 9.59 Å². The lowest BCUT2D eigenvalue weighted by Crippen LogP contribution is -2.39.